The minimum absolute atomic E-state index is 0.881. The van der Waals surface area contributed by atoms with E-state index in [4.69, 9.17) is 4.98 Å². The third-order valence-electron chi connectivity index (χ3n) is 8.12. The second-order valence-corrected chi connectivity index (χ2v) is 10.2. The summed E-state index contributed by atoms with van der Waals surface area (Å²) in [5, 5.41) is 7.47. The number of hydrogen-bond acceptors (Lipinski definition) is 2. The predicted octanol–water partition coefficient (Wildman–Crippen LogP) is 8.98. The van der Waals surface area contributed by atoms with Gasteiger partial charge >= 0.3 is 0 Å². The number of pyridine rings is 2. The fraction of sp³-hybridized carbons (Fsp3) is 0. The first-order chi connectivity index (χ1) is 19.9. The Kier molecular flexibility index (Phi) is 4.30. The van der Waals surface area contributed by atoms with Gasteiger partial charge in [-0.15, -0.1) is 0 Å². The number of hydrogen-bond donors (Lipinski definition) is 0. The van der Waals surface area contributed by atoms with E-state index >= 15 is 0 Å². The Balaban J connectivity index is 1.63. The van der Waals surface area contributed by atoms with Gasteiger partial charge < -0.3 is 4.57 Å². The molecule has 9 rings (SSSR count). The van der Waals surface area contributed by atoms with E-state index in [9.17, 15) is 0 Å². The maximum Gasteiger partial charge on any atom is 0.138 e. The summed E-state index contributed by atoms with van der Waals surface area (Å²) in [7, 11) is 0. The molecule has 0 fully saturated rings. The Hall–Kier alpha value is -5.48. The van der Waals surface area contributed by atoms with Gasteiger partial charge in [-0.3, -0.25) is 9.55 Å². The smallest absolute Gasteiger partial charge is 0.138 e. The van der Waals surface area contributed by atoms with Crippen molar-refractivity contribution in [3.05, 3.63) is 134 Å². The maximum atomic E-state index is 5.15. The molecule has 9 aromatic rings. The van der Waals surface area contributed by atoms with Crippen LogP contribution in [0.15, 0.2) is 134 Å². The van der Waals surface area contributed by atoms with Crippen molar-refractivity contribution in [2.45, 2.75) is 0 Å². The number of rotatable bonds is 2. The molecule has 4 nitrogen and oxygen atoms in total. The molecule has 4 heterocycles. The van der Waals surface area contributed by atoms with Gasteiger partial charge in [0, 0.05) is 33.4 Å². The van der Waals surface area contributed by atoms with Gasteiger partial charge in [0.25, 0.3) is 0 Å². The van der Waals surface area contributed by atoms with Gasteiger partial charge in [0.05, 0.1) is 33.1 Å². The standard InChI is InChI=1S/C36H22N4/c1-2-11-23(12-3-1)39-30-18-8-6-15-26(30)33-24-13-4-5-14-25(24)34-27-16-7-9-19-31(27)40(36(34)35(33)39)32-21-20-28-29(38-32)17-10-22-37-28/h1-22H. The van der Waals surface area contributed by atoms with Crippen molar-refractivity contribution in [2.24, 2.45) is 0 Å². The normalized spacial score (nSPS) is 12.0. The SMILES string of the molecule is c1ccc(-n2c3ccccc3c3c4ccccc4c4c5ccccc5n(-c5ccc6ncccc6n5)c4c32)cc1. The van der Waals surface area contributed by atoms with Crippen LogP contribution >= 0.6 is 0 Å². The summed E-state index contributed by atoms with van der Waals surface area (Å²) in [6.07, 6.45) is 1.82. The lowest BCUT2D eigenvalue weighted by Gasteiger charge is -2.13. The lowest BCUT2D eigenvalue weighted by atomic mass is 9.98. The van der Waals surface area contributed by atoms with Gasteiger partial charge in [-0.05, 0) is 59.3 Å². The second kappa shape index (κ2) is 8.01. The van der Waals surface area contributed by atoms with Crippen LogP contribution in [0.5, 0.6) is 0 Å². The molecule has 0 aliphatic rings. The average molecular weight is 511 g/mol. The minimum atomic E-state index is 0.881. The van der Waals surface area contributed by atoms with Crippen LogP contribution in [0.25, 0.3) is 76.9 Å². The molecule has 4 heteroatoms. The van der Waals surface area contributed by atoms with Gasteiger partial charge in [0.15, 0.2) is 0 Å². The molecule has 0 spiro atoms. The summed E-state index contributed by atoms with van der Waals surface area (Å²) in [6.45, 7) is 0. The quantitative estimate of drug-likeness (QED) is 0.233. The Morgan fingerprint density at radius 1 is 0.425 bits per heavy atom. The monoisotopic (exact) mass is 510 g/mol. The van der Waals surface area contributed by atoms with Crippen LogP contribution in [0.4, 0.5) is 0 Å². The molecule has 0 aliphatic heterocycles. The van der Waals surface area contributed by atoms with Gasteiger partial charge in [0.2, 0.25) is 0 Å². The summed E-state index contributed by atoms with van der Waals surface area (Å²) in [5.74, 6) is 0.883. The maximum absolute atomic E-state index is 5.15. The second-order valence-electron chi connectivity index (χ2n) is 10.2. The zero-order valence-corrected chi connectivity index (χ0v) is 21.5. The van der Waals surface area contributed by atoms with Gasteiger partial charge in [-0.1, -0.05) is 78.9 Å². The highest BCUT2D eigenvalue weighted by Gasteiger charge is 2.24. The van der Waals surface area contributed by atoms with Crippen molar-refractivity contribution >= 4 is 65.4 Å². The Bertz CT molecular complexity index is 2430. The molecule has 5 aromatic carbocycles. The molecule has 0 aliphatic carbocycles. The van der Waals surface area contributed by atoms with Gasteiger partial charge in [-0.25, -0.2) is 4.98 Å². The third-order valence-corrected chi connectivity index (χ3v) is 8.12. The highest BCUT2D eigenvalue weighted by molar-refractivity contribution is 6.36. The molecule has 0 amide bonds. The van der Waals surface area contributed by atoms with Crippen molar-refractivity contribution in [3.8, 4) is 11.5 Å². The van der Waals surface area contributed by atoms with E-state index in [2.05, 4.69) is 129 Å². The van der Waals surface area contributed by atoms with E-state index in [1.54, 1.807) is 0 Å². The molecule has 0 saturated heterocycles. The van der Waals surface area contributed by atoms with E-state index in [-0.39, 0.29) is 0 Å². The number of fused-ring (bicyclic) bond motifs is 11. The lowest BCUT2D eigenvalue weighted by molar-refractivity contribution is 1.09. The molecule has 186 valence electrons. The first-order valence-corrected chi connectivity index (χ1v) is 13.5. The van der Waals surface area contributed by atoms with Crippen LogP contribution < -0.4 is 0 Å². The lowest BCUT2D eigenvalue weighted by Crippen LogP contribution is -2.01. The van der Waals surface area contributed by atoms with Gasteiger partial charge in [0.1, 0.15) is 5.82 Å². The summed E-state index contributed by atoms with van der Waals surface area (Å²) in [4.78, 5) is 9.68. The molecule has 0 bridgehead atoms. The highest BCUT2D eigenvalue weighted by Crippen LogP contribution is 2.46. The van der Waals surface area contributed by atoms with E-state index in [1.165, 1.54) is 43.4 Å². The molecule has 0 atom stereocenters. The van der Waals surface area contributed by atoms with E-state index in [1.807, 2.05) is 18.3 Å². The summed E-state index contributed by atoms with van der Waals surface area (Å²) < 4.78 is 4.78. The predicted molar refractivity (Wildman–Crippen MR) is 166 cm³/mol. The van der Waals surface area contributed by atoms with Crippen LogP contribution in [-0.4, -0.2) is 19.1 Å². The van der Waals surface area contributed by atoms with Crippen LogP contribution in [0.3, 0.4) is 0 Å². The molecule has 0 unspecified atom stereocenters. The van der Waals surface area contributed by atoms with Crippen molar-refractivity contribution < 1.29 is 0 Å². The minimum Gasteiger partial charge on any atom is -0.307 e. The zero-order valence-electron chi connectivity index (χ0n) is 21.5. The molecular weight excluding hydrogens is 488 g/mol. The molecular formula is C36H22N4. The van der Waals surface area contributed by atoms with Crippen LogP contribution in [0.1, 0.15) is 0 Å². The summed E-state index contributed by atoms with van der Waals surface area (Å²) in [5.41, 5.74) is 7.58. The van der Waals surface area contributed by atoms with Gasteiger partial charge in [-0.2, -0.15) is 0 Å². The molecule has 4 aromatic heterocycles. The third kappa shape index (κ3) is 2.79. The number of nitrogens with zero attached hydrogens (tertiary/aromatic N) is 4. The molecule has 0 N–H and O–H groups in total. The zero-order chi connectivity index (χ0) is 26.2. The number of benzene rings is 5. The van der Waals surface area contributed by atoms with E-state index in [0.29, 0.717) is 0 Å². The van der Waals surface area contributed by atoms with Crippen LogP contribution in [0, 0.1) is 0 Å². The summed E-state index contributed by atoms with van der Waals surface area (Å²) >= 11 is 0. The highest BCUT2D eigenvalue weighted by atomic mass is 15.1. The fourth-order valence-electron chi connectivity index (χ4n) is 6.55. The Morgan fingerprint density at radius 3 is 1.70 bits per heavy atom. The topological polar surface area (TPSA) is 35.6 Å². The van der Waals surface area contributed by atoms with E-state index < -0.39 is 0 Å². The molecule has 0 saturated carbocycles. The molecule has 40 heavy (non-hydrogen) atoms. The summed E-state index contributed by atoms with van der Waals surface area (Å²) in [6, 6.07) is 45.1. The Morgan fingerprint density at radius 2 is 1.00 bits per heavy atom. The Labute approximate surface area is 229 Å². The van der Waals surface area contributed by atoms with Crippen molar-refractivity contribution in [1.82, 2.24) is 19.1 Å². The van der Waals surface area contributed by atoms with Crippen molar-refractivity contribution in [2.75, 3.05) is 0 Å². The van der Waals surface area contributed by atoms with E-state index in [0.717, 1.165) is 33.6 Å². The van der Waals surface area contributed by atoms with Crippen molar-refractivity contribution in [1.29, 1.82) is 0 Å². The first-order valence-electron chi connectivity index (χ1n) is 13.5. The number of para-hydroxylation sites is 3. The first kappa shape index (κ1) is 21.5. The average Bonchev–Trinajstić information content (AvgIpc) is 3.55. The number of aromatic nitrogens is 4. The van der Waals surface area contributed by atoms with Crippen molar-refractivity contribution in [3.63, 3.8) is 0 Å². The van der Waals surface area contributed by atoms with Crippen LogP contribution in [-0.2, 0) is 0 Å². The van der Waals surface area contributed by atoms with Crippen LogP contribution in [0.2, 0.25) is 0 Å². The molecule has 0 radical (unpaired) electrons. The largest absolute Gasteiger partial charge is 0.307 e. The fourth-order valence-corrected chi connectivity index (χ4v) is 6.55.